The fourth-order valence-electron chi connectivity index (χ4n) is 2.40. The van der Waals surface area contributed by atoms with E-state index >= 15 is 0 Å². The second kappa shape index (κ2) is 3.89. The van der Waals surface area contributed by atoms with Gasteiger partial charge in [0.25, 0.3) is 0 Å². The first-order valence-electron chi connectivity index (χ1n) is 5.78. The van der Waals surface area contributed by atoms with Crippen molar-refractivity contribution < 1.29 is 4.74 Å². The molecule has 0 radical (unpaired) electrons. The van der Waals surface area contributed by atoms with Gasteiger partial charge in [0.05, 0.1) is 18.3 Å². The van der Waals surface area contributed by atoms with Gasteiger partial charge in [-0.25, -0.2) is 0 Å². The lowest BCUT2D eigenvalue weighted by atomic mass is 9.97. The van der Waals surface area contributed by atoms with Crippen LogP contribution in [0, 0.1) is 0 Å². The average molecular weight is 220 g/mol. The molecule has 0 aliphatic carbocycles. The lowest BCUT2D eigenvalue weighted by Crippen LogP contribution is -2.52. The van der Waals surface area contributed by atoms with Gasteiger partial charge in [0.2, 0.25) is 0 Å². The quantitative estimate of drug-likeness (QED) is 0.829. The fourth-order valence-corrected chi connectivity index (χ4v) is 2.40. The number of ether oxygens (including phenoxy) is 1. The third-order valence-electron chi connectivity index (χ3n) is 3.25. The molecule has 88 valence electrons. The van der Waals surface area contributed by atoms with Crippen LogP contribution in [-0.2, 0) is 0 Å². The highest BCUT2D eigenvalue weighted by molar-refractivity contribution is 5.79. The first-order chi connectivity index (χ1) is 7.60. The van der Waals surface area contributed by atoms with Crippen LogP contribution in [0.3, 0.4) is 0 Å². The van der Waals surface area contributed by atoms with E-state index in [9.17, 15) is 0 Å². The second-order valence-electron chi connectivity index (χ2n) is 4.77. The van der Waals surface area contributed by atoms with Crippen LogP contribution in [0.2, 0.25) is 0 Å². The van der Waals surface area contributed by atoms with E-state index in [1.54, 1.807) is 7.11 Å². The minimum atomic E-state index is 0.121. The summed E-state index contributed by atoms with van der Waals surface area (Å²) in [4.78, 5) is 2.40. The summed E-state index contributed by atoms with van der Waals surface area (Å²) in [5, 5.41) is 3.47. The number of methoxy groups -OCH3 is 1. The van der Waals surface area contributed by atoms with Crippen LogP contribution in [0.5, 0.6) is 5.75 Å². The summed E-state index contributed by atoms with van der Waals surface area (Å²) in [6.07, 6.45) is 0. The van der Waals surface area contributed by atoms with Crippen molar-refractivity contribution in [1.82, 2.24) is 0 Å². The van der Waals surface area contributed by atoms with Crippen molar-refractivity contribution in [2.75, 3.05) is 30.4 Å². The third-order valence-corrected chi connectivity index (χ3v) is 3.25. The van der Waals surface area contributed by atoms with Crippen molar-refractivity contribution in [1.29, 1.82) is 0 Å². The minimum absolute atomic E-state index is 0.121. The van der Waals surface area contributed by atoms with Crippen LogP contribution >= 0.6 is 0 Å². The number of para-hydroxylation sites is 1. The van der Waals surface area contributed by atoms with Gasteiger partial charge in [-0.1, -0.05) is 6.07 Å². The predicted octanol–water partition coefficient (Wildman–Crippen LogP) is 2.73. The summed E-state index contributed by atoms with van der Waals surface area (Å²) in [5.41, 5.74) is 2.47. The summed E-state index contributed by atoms with van der Waals surface area (Å²) in [6.45, 7) is 8.63. The minimum Gasteiger partial charge on any atom is -0.495 e. The first kappa shape index (κ1) is 11.1. The maximum absolute atomic E-state index is 5.46. The maximum Gasteiger partial charge on any atom is 0.144 e. The number of nitrogens with one attached hydrogen (secondary N) is 1. The van der Waals surface area contributed by atoms with Crippen molar-refractivity contribution in [3.8, 4) is 5.75 Å². The van der Waals surface area contributed by atoms with Gasteiger partial charge in [-0.3, -0.25) is 0 Å². The standard InChI is InChI=1S/C13H20N2O/c1-5-15-12-10(14-9-13(15,2)3)7-6-8-11(12)16-4/h6-8,14H,5,9H2,1-4H3. The molecule has 0 saturated heterocycles. The molecule has 1 aliphatic rings. The summed E-state index contributed by atoms with van der Waals surface area (Å²) in [7, 11) is 1.73. The Bertz CT molecular complexity index is 373. The highest BCUT2D eigenvalue weighted by atomic mass is 16.5. The van der Waals surface area contributed by atoms with Gasteiger partial charge in [0, 0.05) is 13.1 Å². The Morgan fingerprint density at radius 2 is 2.19 bits per heavy atom. The monoisotopic (exact) mass is 220 g/mol. The van der Waals surface area contributed by atoms with Crippen molar-refractivity contribution in [3.05, 3.63) is 18.2 Å². The zero-order valence-corrected chi connectivity index (χ0v) is 10.5. The Labute approximate surface area is 97.4 Å². The zero-order chi connectivity index (χ0) is 11.8. The molecule has 0 bridgehead atoms. The highest BCUT2D eigenvalue weighted by Gasteiger charge is 2.33. The Hall–Kier alpha value is -1.38. The van der Waals surface area contributed by atoms with Crippen LogP contribution in [0.1, 0.15) is 20.8 Å². The molecule has 1 aromatic rings. The molecule has 0 atom stereocenters. The van der Waals surface area contributed by atoms with Crippen molar-refractivity contribution in [2.45, 2.75) is 26.3 Å². The van der Waals surface area contributed by atoms with Crippen LogP contribution < -0.4 is 15.0 Å². The van der Waals surface area contributed by atoms with Gasteiger partial charge in [-0.2, -0.15) is 0 Å². The van der Waals surface area contributed by atoms with E-state index in [4.69, 9.17) is 4.74 Å². The Kier molecular flexibility index (Phi) is 2.70. The van der Waals surface area contributed by atoms with E-state index in [0.29, 0.717) is 0 Å². The summed E-state index contributed by atoms with van der Waals surface area (Å²) < 4.78 is 5.46. The van der Waals surface area contributed by atoms with E-state index in [1.807, 2.05) is 12.1 Å². The molecule has 0 aromatic heterocycles. The topological polar surface area (TPSA) is 24.5 Å². The van der Waals surface area contributed by atoms with E-state index in [0.717, 1.165) is 18.8 Å². The highest BCUT2D eigenvalue weighted by Crippen LogP contribution is 2.42. The van der Waals surface area contributed by atoms with Crippen molar-refractivity contribution in [3.63, 3.8) is 0 Å². The lowest BCUT2D eigenvalue weighted by molar-refractivity contribution is 0.404. The average Bonchev–Trinajstić information content (AvgIpc) is 2.27. The lowest BCUT2D eigenvalue weighted by Gasteiger charge is -2.45. The van der Waals surface area contributed by atoms with Crippen LogP contribution in [0.15, 0.2) is 18.2 Å². The normalized spacial score (nSPS) is 17.6. The second-order valence-corrected chi connectivity index (χ2v) is 4.77. The van der Waals surface area contributed by atoms with Gasteiger partial charge in [0.1, 0.15) is 11.4 Å². The fraction of sp³-hybridized carbons (Fsp3) is 0.538. The largest absolute Gasteiger partial charge is 0.495 e. The van der Waals surface area contributed by atoms with Crippen molar-refractivity contribution in [2.24, 2.45) is 0 Å². The number of likely N-dealkylation sites (N-methyl/N-ethyl adjacent to an activating group) is 1. The molecular formula is C13H20N2O. The smallest absolute Gasteiger partial charge is 0.144 e. The Morgan fingerprint density at radius 1 is 1.44 bits per heavy atom. The number of nitrogens with zero attached hydrogens (tertiary/aromatic N) is 1. The molecule has 3 heteroatoms. The van der Waals surface area contributed by atoms with Gasteiger partial charge in [-0.05, 0) is 32.9 Å². The number of hydrogen-bond donors (Lipinski definition) is 1. The van der Waals surface area contributed by atoms with Gasteiger partial charge >= 0.3 is 0 Å². The molecular weight excluding hydrogens is 200 g/mol. The molecule has 2 rings (SSSR count). The molecule has 0 saturated carbocycles. The van der Waals surface area contributed by atoms with Gasteiger partial charge < -0.3 is 15.0 Å². The number of hydrogen-bond acceptors (Lipinski definition) is 3. The molecule has 1 heterocycles. The molecule has 0 spiro atoms. The first-order valence-corrected chi connectivity index (χ1v) is 5.78. The van der Waals surface area contributed by atoms with E-state index in [1.165, 1.54) is 11.4 Å². The van der Waals surface area contributed by atoms with Crippen LogP contribution in [0.25, 0.3) is 0 Å². The molecule has 1 aliphatic heterocycles. The molecule has 3 nitrogen and oxygen atoms in total. The van der Waals surface area contributed by atoms with E-state index < -0.39 is 0 Å². The Morgan fingerprint density at radius 3 is 2.81 bits per heavy atom. The summed E-state index contributed by atoms with van der Waals surface area (Å²) in [6, 6.07) is 6.15. The summed E-state index contributed by atoms with van der Waals surface area (Å²) in [5.74, 6) is 0.944. The summed E-state index contributed by atoms with van der Waals surface area (Å²) >= 11 is 0. The van der Waals surface area contributed by atoms with Gasteiger partial charge in [0.15, 0.2) is 0 Å². The molecule has 0 amide bonds. The molecule has 0 fully saturated rings. The van der Waals surface area contributed by atoms with Crippen LogP contribution in [0.4, 0.5) is 11.4 Å². The zero-order valence-electron chi connectivity index (χ0n) is 10.5. The number of benzene rings is 1. The SMILES string of the molecule is CCN1c2c(cccc2OC)NCC1(C)C. The number of anilines is 2. The molecule has 0 unspecified atom stereocenters. The molecule has 1 aromatic carbocycles. The number of rotatable bonds is 2. The van der Waals surface area contributed by atoms with Gasteiger partial charge in [-0.15, -0.1) is 0 Å². The predicted molar refractivity (Wildman–Crippen MR) is 68.6 cm³/mol. The van der Waals surface area contributed by atoms with E-state index in [2.05, 4.69) is 37.1 Å². The number of fused-ring (bicyclic) bond motifs is 1. The Balaban J connectivity index is 2.54. The maximum atomic E-state index is 5.46. The van der Waals surface area contributed by atoms with Crippen LogP contribution in [-0.4, -0.2) is 25.7 Å². The molecule has 1 N–H and O–H groups in total. The third kappa shape index (κ3) is 1.60. The van der Waals surface area contributed by atoms with Crippen molar-refractivity contribution >= 4 is 11.4 Å². The van der Waals surface area contributed by atoms with E-state index in [-0.39, 0.29) is 5.54 Å². The molecule has 16 heavy (non-hydrogen) atoms.